The summed E-state index contributed by atoms with van der Waals surface area (Å²) in [6.07, 6.45) is 0.350. The van der Waals surface area contributed by atoms with E-state index in [4.69, 9.17) is 14.9 Å². The Labute approximate surface area is 123 Å². The summed E-state index contributed by atoms with van der Waals surface area (Å²) < 4.78 is 31.6. The van der Waals surface area contributed by atoms with E-state index in [1.165, 1.54) is 24.3 Å². The van der Waals surface area contributed by atoms with E-state index in [9.17, 15) is 13.2 Å². The van der Waals surface area contributed by atoms with Crippen molar-refractivity contribution in [2.24, 2.45) is 0 Å². The normalized spacial score (nSPS) is 12.9. The molecule has 0 spiro atoms. The van der Waals surface area contributed by atoms with Crippen molar-refractivity contribution in [3.63, 3.8) is 0 Å². The van der Waals surface area contributed by atoms with Gasteiger partial charge in [0, 0.05) is 6.04 Å². The second-order valence-corrected chi connectivity index (χ2v) is 6.09. The van der Waals surface area contributed by atoms with Crippen LogP contribution in [-0.2, 0) is 14.8 Å². The third-order valence-corrected chi connectivity index (χ3v) is 4.29. The summed E-state index contributed by atoms with van der Waals surface area (Å²) >= 11 is 0. The summed E-state index contributed by atoms with van der Waals surface area (Å²) in [6, 6.07) is 5.11. The largest absolute Gasteiger partial charge is 0.493 e. The van der Waals surface area contributed by atoms with E-state index < -0.39 is 22.0 Å². The third kappa shape index (κ3) is 5.70. The van der Waals surface area contributed by atoms with Gasteiger partial charge < -0.3 is 14.9 Å². The number of sulfonamides is 1. The average Bonchev–Trinajstić information content (AvgIpc) is 2.45. The highest BCUT2D eigenvalue weighted by Gasteiger charge is 2.18. The van der Waals surface area contributed by atoms with Crippen molar-refractivity contribution in [2.45, 2.75) is 30.7 Å². The van der Waals surface area contributed by atoms with Gasteiger partial charge in [-0.15, -0.1) is 0 Å². The van der Waals surface area contributed by atoms with Crippen LogP contribution in [0, 0.1) is 0 Å². The number of carbonyl (C=O) groups is 1. The topological polar surface area (TPSA) is 113 Å². The molecule has 0 bridgehead atoms. The molecular weight excluding hydrogens is 298 g/mol. The van der Waals surface area contributed by atoms with Crippen molar-refractivity contribution in [1.82, 2.24) is 4.72 Å². The highest BCUT2D eigenvalue weighted by Crippen LogP contribution is 2.16. The molecule has 3 N–H and O–H groups in total. The first-order valence-corrected chi connectivity index (χ1v) is 7.95. The van der Waals surface area contributed by atoms with E-state index in [2.05, 4.69) is 4.72 Å². The fraction of sp³-hybridized carbons (Fsp3) is 0.462. The van der Waals surface area contributed by atoms with E-state index >= 15 is 0 Å². The van der Waals surface area contributed by atoms with Crippen molar-refractivity contribution in [3.8, 4) is 5.75 Å². The first kappa shape index (κ1) is 17.4. The van der Waals surface area contributed by atoms with Crippen molar-refractivity contribution < 1.29 is 28.2 Å². The van der Waals surface area contributed by atoms with Gasteiger partial charge >= 0.3 is 5.97 Å². The molecule has 0 aromatic heterocycles. The lowest BCUT2D eigenvalue weighted by Gasteiger charge is -2.14. The standard InChI is InChI=1S/C13H19NO6S/c1-2-10(9-15)14-21(18,19)12-5-3-11(4-6-12)20-8-7-13(16)17/h3-6,10,14-15H,2,7-9H2,1H3,(H,16,17)/t10-/m1/s1. The molecule has 0 radical (unpaired) electrons. The van der Waals surface area contributed by atoms with Gasteiger partial charge in [-0.1, -0.05) is 6.92 Å². The highest BCUT2D eigenvalue weighted by molar-refractivity contribution is 7.89. The zero-order chi connectivity index (χ0) is 15.9. The lowest BCUT2D eigenvalue weighted by atomic mass is 10.3. The minimum absolute atomic E-state index is 0.0160. The van der Waals surface area contributed by atoms with Gasteiger partial charge in [0.2, 0.25) is 10.0 Å². The summed E-state index contributed by atoms with van der Waals surface area (Å²) in [5, 5.41) is 17.5. The van der Waals surface area contributed by atoms with E-state index in [0.717, 1.165) is 0 Å². The number of ether oxygens (including phenoxy) is 1. The smallest absolute Gasteiger partial charge is 0.306 e. The predicted octanol–water partition coefficient (Wildman–Crippen LogP) is 0.589. The highest BCUT2D eigenvalue weighted by atomic mass is 32.2. The number of rotatable bonds is 9. The second-order valence-electron chi connectivity index (χ2n) is 4.37. The zero-order valence-corrected chi connectivity index (χ0v) is 12.5. The first-order chi connectivity index (χ1) is 9.89. The summed E-state index contributed by atoms with van der Waals surface area (Å²) in [5.41, 5.74) is 0. The molecule has 0 unspecified atom stereocenters. The molecule has 118 valence electrons. The molecule has 0 fully saturated rings. The minimum Gasteiger partial charge on any atom is -0.493 e. The number of carboxylic acids is 1. The van der Waals surface area contributed by atoms with E-state index in [1.807, 2.05) is 0 Å². The number of hydrogen-bond donors (Lipinski definition) is 3. The van der Waals surface area contributed by atoms with Crippen LogP contribution in [0.3, 0.4) is 0 Å². The van der Waals surface area contributed by atoms with Gasteiger partial charge in [-0.2, -0.15) is 0 Å². The number of benzene rings is 1. The molecule has 0 heterocycles. The molecule has 0 amide bonds. The van der Waals surface area contributed by atoms with E-state index in [-0.39, 0.29) is 24.5 Å². The monoisotopic (exact) mass is 317 g/mol. The van der Waals surface area contributed by atoms with Gasteiger partial charge in [0.1, 0.15) is 5.75 Å². The van der Waals surface area contributed by atoms with Crippen molar-refractivity contribution >= 4 is 16.0 Å². The maximum Gasteiger partial charge on any atom is 0.306 e. The van der Waals surface area contributed by atoms with Crippen LogP contribution in [0.1, 0.15) is 19.8 Å². The van der Waals surface area contributed by atoms with Crippen LogP contribution in [-0.4, -0.2) is 43.9 Å². The SMILES string of the molecule is CC[C@H](CO)NS(=O)(=O)c1ccc(OCCC(=O)O)cc1. The summed E-state index contributed by atoms with van der Waals surface area (Å²) in [7, 11) is -3.69. The molecule has 0 aliphatic rings. The molecule has 1 aromatic rings. The van der Waals surface area contributed by atoms with Gasteiger partial charge in [0.25, 0.3) is 0 Å². The van der Waals surface area contributed by atoms with Crippen LogP contribution in [0.4, 0.5) is 0 Å². The lowest BCUT2D eigenvalue weighted by Crippen LogP contribution is -2.36. The van der Waals surface area contributed by atoms with Crippen LogP contribution in [0.5, 0.6) is 5.75 Å². The van der Waals surface area contributed by atoms with Crippen LogP contribution in [0.15, 0.2) is 29.2 Å². The van der Waals surface area contributed by atoms with E-state index in [1.54, 1.807) is 6.92 Å². The van der Waals surface area contributed by atoms with Crippen molar-refractivity contribution in [2.75, 3.05) is 13.2 Å². The van der Waals surface area contributed by atoms with E-state index in [0.29, 0.717) is 12.2 Å². The lowest BCUT2D eigenvalue weighted by molar-refractivity contribution is -0.137. The molecule has 7 nitrogen and oxygen atoms in total. The summed E-state index contributed by atoms with van der Waals surface area (Å²) in [6.45, 7) is 1.51. The Morgan fingerprint density at radius 2 is 1.95 bits per heavy atom. The minimum atomic E-state index is -3.69. The van der Waals surface area contributed by atoms with Gasteiger partial charge in [-0.05, 0) is 30.7 Å². The molecule has 1 rings (SSSR count). The molecule has 0 aliphatic carbocycles. The Balaban J connectivity index is 2.70. The number of aliphatic hydroxyl groups excluding tert-OH is 1. The third-order valence-electron chi connectivity index (χ3n) is 2.75. The average molecular weight is 317 g/mol. The molecule has 21 heavy (non-hydrogen) atoms. The van der Waals surface area contributed by atoms with Crippen molar-refractivity contribution in [1.29, 1.82) is 0 Å². The maximum atomic E-state index is 12.0. The van der Waals surface area contributed by atoms with Crippen LogP contribution < -0.4 is 9.46 Å². The fourth-order valence-corrected chi connectivity index (χ4v) is 2.82. The predicted molar refractivity (Wildman–Crippen MR) is 75.7 cm³/mol. The zero-order valence-electron chi connectivity index (χ0n) is 11.7. The fourth-order valence-electron chi connectivity index (χ4n) is 1.51. The number of nitrogens with one attached hydrogen (secondary N) is 1. The Morgan fingerprint density at radius 3 is 2.43 bits per heavy atom. The molecule has 8 heteroatoms. The molecular formula is C13H19NO6S. The van der Waals surface area contributed by atoms with Crippen molar-refractivity contribution in [3.05, 3.63) is 24.3 Å². The van der Waals surface area contributed by atoms with Crippen LogP contribution >= 0.6 is 0 Å². The van der Waals surface area contributed by atoms with Gasteiger partial charge in [0.05, 0.1) is 24.5 Å². The van der Waals surface area contributed by atoms with Crippen LogP contribution in [0.2, 0.25) is 0 Å². The Kier molecular flexibility index (Phi) is 6.60. The van der Waals surface area contributed by atoms with Gasteiger partial charge in [0.15, 0.2) is 0 Å². The molecule has 0 saturated heterocycles. The molecule has 1 atom stereocenters. The molecule has 0 saturated carbocycles. The second kappa shape index (κ2) is 7.96. The Hall–Kier alpha value is -1.64. The first-order valence-electron chi connectivity index (χ1n) is 6.47. The van der Waals surface area contributed by atoms with Gasteiger partial charge in [-0.25, -0.2) is 13.1 Å². The summed E-state index contributed by atoms with van der Waals surface area (Å²) in [4.78, 5) is 10.4. The Bertz CT molecular complexity index is 551. The Morgan fingerprint density at radius 1 is 1.33 bits per heavy atom. The molecule has 1 aromatic carbocycles. The van der Waals surface area contributed by atoms with Gasteiger partial charge in [-0.3, -0.25) is 4.79 Å². The number of carboxylic acid groups (broad SMARTS) is 1. The number of aliphatic hydroxyl groups is 1. The number of aliphatic carboxylic acids is 1. The maximum absolute atomic E-state index is 12.0. The summed E-state index contributed by atoms with van der Waals surface area (Å²) in [5.74, 6) is -0.572. The molecule has 0 aliphatic heterocycles. The quantitative estimate of drug-likeness (QED) is 0.614. The van der Waals surface area contributed by atoms with Crippen LogP contribution in [0.25, 0.3) is 0 Å². The number of hydrogen-bond acceptors (Lipinski definition) is 5.